The van der Waals surface area contributed by atoms with Crippen LogP contribution in [0, 0.1) is 5.92 Å². The van der Waals surface area contributed by atoms with Gasteiger partial charge < -0.3 is 15.2 Å². The fourth-order valence-corrected chi connectivity index (χ4v) is 1.96. The quantitative estimate of drug-likeness (QED) is 0.817. The van der Waals surface area contributed by atoms with Crippen molar-refractivity contribution in [3.8, 4) is 5.75 Å². The summed E-state index contributed by atoms with van der Waals surface area (Å²) in [6, 6.07) is 5.29. The number of benzene rings is 1. The fourth-order valence-electron chi connectivity index (χ4n) is 1.96. The van der Waals surface area contributed by atoms with Crippen LogP contribution in [0.2, 0.25) is 0 Å². The van der Waals surface area contributed by atoms with Crippen molar-refractivity contribution in [2.45, 2.75) is 12.8 Å². The van der Waals surface area contributed by atoms with E-state index in [9.17, 15) is 4.79 Å². The molecule has 96 valence electrons. The predicted molar refractivity (Wildman–Crippen MR) is 67.4 cm³/mol. The van der Waals surface area contributed by atoms with Crippen LogP contribution in [0.1, 0.15) is 12.8 Å². The van der Waals surface area contributed by atoms with E-state index in [0.717, 1.165) is 6.61 Å². The Morgan fingerprint density at radius 1 is 1.44 bits per heavy atom. The molecule has 2 aliphatic rings. The zero-order valence-electron chi connectivity index (χ0n) is 10.1. The number of amides is 1. The van der Waals surface area contributed by atoms with Crippen molar-refractivity contribution in [1.29, 1.82) is 0 Å². The summed E-state index contributed by atoms with van der Waals surface area (Å²) in [5, 5.41) is 0. The van der Waals surface area contributed by atoms with E-state index in [0.29, 0.717) is 23.0 Å². The number of carbonyl (C=O) groups is 1. The monoisotopic (exact) mass is 248 g/mol. The van der Waals surface area contributed by atoms with Crippen LogP contribution in [0.25, 0.3) is 0 Å². The van der Waals surface area contributed by atoms with Gasteiger partial charge in [-0.15, -0.1) is 0 Å². The highest BCUT2D eigenvalue weighted by Gasteiger charge is 2.27. The molecule has 2 N–H and O–H groups in total. The Bertz CT molecular complexity index is 471. The molecule has 1 heterocycles. The highest BCUT2D eigenvalue weighted by molar-refractivity contribution is 5.98. The second-order valence-corrected chi connectivity index (χ2v) is 4.78. The van der Waals surface area contributed by atoms with Gasteiger partial charge in [0.1, 0.15) is 12.5 Å². The predicted octanol–water partition coefficient (Wildman–Crippen LogP) is 1.38. The Morgan fingerprint density at radius 3 is 3.06 bits per heavy atom. The van der Waals surface area contributed by atoms with E-state index in [1.54, 1.807) is 23.1 Å². The second kappa shape index (κ2) is 4.49. The molecule has 1 amide bonds. The van der Waals surface area contributed by atoms with Gasteiger partial charge in [0.05, 0.1) is 12.3 Å². The molecular formula is C13H16N2O3. The highest BCUT2D eigenvalue weighted by Crippen LogP contribution is 2.34. The van der Waals surface area contributed by atoms with Gasteiger partial charge in [-0.25, -0.2) is 0 Å². The Hall–Kier alpha value is -1.75. The lowest BCUT2D eigenvalue weighted by Gasteiger charge is -2.29. The van der Waals surface area contributed by atoms with Crippen molar-refractivity contribution in [2.75, 3.05) is 30.6 Å². The summed E-state index contributed by atoms with van der Waals surface area (Å²) in [5.74, 6) is 1.27. The summed E-state index contributed by atoms with van der Waals surface area (Å²) in [5.41, 5.74) is 7.05. The Balaban J connectivity index is 1.74. The first kappa shape index (κ1) is 11.3. The van der Waals surface area contributed by atoms with Gasteiger partial charge in [0.25, 0.3) is 5.91 Å². The molecule has 0 saturated heterocycles. The molecule has 0 atom stereocenters. The minimum absolute atomic E-state index is 0.0592. The SMILES string of the molecule is Nc1ccc2c(c1)N(COCC1CC1)C(=O)CO2. The summed E-state index contributed by atoms with van der Waals surface area (Å²) in [6.07, 6.45) is 2.47. The first-order valence-corrected chi connectivity index (χ1v) is 6.14. The third-order valence-electron chi connectivity index (χ3n) is 3.20. The number of rotatable bonds is 4. The molecule has 1 aromatic carbocycles. The zero-order chi connectivity index (χ0) is 12.5. The van der Waals surface area contributed by atoms with Crippen LogP contribution in [-0.4, -0.2) is 25.9 Å². The van der Waals surface area contributed by atoms with Crippen LogP contribution in [0.3, 0.4) is 0 Å². The maximum atomic E-state index is 11.8. The summed E-state index contributed by atoms with van der Waals surface area (Å²) >= 11 is 0. The molecule has 5 nitrogen and oxygen atoms in total. The summed E-state index contributed by atoms with van der Waals surface area (Å²) in [7, 11) is 0. The fraction of sp³-hybridized carbons (Fsp3) is 0.462. The molecule has 5 heteroatoms. The summed E-state index contributed by atoms with van der Waals surface area (Å²) in [6.45, 7) is 1.06. The maximum absolute atomic E-state index is 11.8. The van der Waals surface area contributed by atoms with Gasteiger partial charge in [0.2, 0.25) is 0 Å². The normalized spacial score (nSPS) is 18.4. The van der Waals surface area contributed by atoms with Gasteiger partial charge in [0.15, 0.2) is 6.61 Å². The molecule has 0 radical (unpaired) electrons. The molecule has 0 unspecified atom stereocenters. The van der Waals surface area contributed by atoms with Gasteiger partial charge in [-0.3, -0.25) is 9.69 Å². The summed E-state index contributed by atoms with van der Waals surface area (Å²) < 4.78 is 10.9. The Labute approximate surface area is 105 Å². The van der Waals surface area contributed by atoms with E-state index in [1.165, 1.54) is 12.8 Å². The number of fused-ring (bicyclic) bond motifs is 1. The number of hydrogen-bond acceptors (Lipinski definition) is 4. The lowest BCUT2D eigenvalue weighted by molar-refractivity contribution is -0.122. The number of nitrogens with two attached hydrogens (primary N) is 1. The van der Waals surface area contributed by atoms with Gasteiger partial charge >= 0.3 is 0 Å². The van der Waals surface area contributed by atoms with Crippen molar-refractivity contribution >= 4 is 17.3 Å². The molecule has 0 aromatic heterocycles. The largest absolute Gasteiger partial charge is 0.482 e. The number of anilines is 2. The third-order valence-corrected chi connectivity index (χ3v) is 3.20. The molecule has 1 aliphatic carbocycles. The number of carbonyl (C=O) groups excluding carboxylic acids is 1. The average molecular weight is 248 g/mol. The maximum Gasteiger partial charge on any atom is 0.266 e. The molecule has 0 bridgehead atoms. The number of ether oxygens (including phenoxy) is 2. The van der Waals surface area contributed by atoms with Crippen LogP contribution < -0.4 is 15.4 Å². The number of nitrogens with zero attached hydrogens (tertiary/aromatic N) is 1. The molecule has 1 fully saturated rings. The number of hydrogen-bond donors (Lipinski definition) is 1. The van der Waals surface area contributed by atoms with Gasteiger partial charge in [-0.2, -0.15) is 0 Å². The first-order valence-electron chi connectivity index (χ1n) is 6.14. The average Bonchev–Trinajstić information content (AvgIpc) is 3.16. The van der Waals surface area contributed by atoms with Crippen molar-refractivity contribution in [1.82, 2.24) is 0 Å². The number of nitrogen functional groups attached to an aromatic ring is 1. The topological polar surface area (TPSA) is 64.8 Å². The van der Waals surface area contributed by atoms with Crippen LogP contribution >= 0.6 is 0 Å². The van der Waals surface area contributed by atoms with E-state index < -0.39 is 0 Å². The third kappa shape index (κ3) is 2.26. The van der Waals surface area contributed by atoms with Crippen molar-refractivity contribution in [2.24, 2.45) is 5.92 Å². The van der Waals surface area contributed by atoms with Crippen molar-refractivity contribution in [3.63, 3.8) is 0 Å². The molecule has 0 spiro atoms. The molecule has 3 rings (SSSR count). The lowest BCUT2D eigenvalue weighted by Crippen LogP contribution is -2.40. The van der Waals surface area contributed by atoms with Crippen LogP contribution in [-0.2, 0) is 9.53 Å². The van der Waals surface area contributed by atoms with Crippen LogP contribution in [0.15, 0.2) is 18.2 Å². The summed E-state index contributed by atoms with van der Waals surface area (Å²) in [4.78, 5) is 13.4. The minimum atomic E-state index is -0.0936. The molecule has 18 heavy (non-hydrogen) atoms. The van der Waals surface area contributed by atoms with Gasteiger partial charge in [0, 0.05) is 5.69 Å². The molecule has 1 aliphatic heterocycles. The lowest BCUT2D eigenvalue weighted by atomic mass is 10.2. The Morgan fingerprint density at radius 2 is 2.28 bits per heavy atom. The van der Waals surface area contributed by atoms with Crippen molar-refractivity contribution < 1.29 is 14.3 Å². The van der Waals surface area contributed by atoms with Gasteiger partial charge in [-0.1, -0.05) is 0 Å². The molecular weight excluding hydrogens is 232 g/mol. The smallest absolute Gasteiger partial charge is 0.266 e. The Kier molecular flexibility index (Phi) is 2.83. The van der Waals surface area contributed by atoms with E-state index >= 15 is 0 Å². The van der Waals surface area contributed by atoms with E-state index in [4.69, 9.17) is 15.2 Å². The zero-order valence-corrected chi connectivity index (χ0v) is 10.1. The van der Waals surface area contributed by atoms with Crippen LogP contribution in [0.5, 0.6) is 5.75 Å². The van der Waals surface area contributed by atoms with Crippen molar-refractivity contribution in [3.05, 3.63) is 18.2 Å². The van der Waals surface area contributed by atoms with E-state index in [1.807, 2.05) is 0 Å². The van der Waals surface area contributed by atoms with E-state index in [-0.39, 0.29) is 19.2 Å². The first-order chi connectivity index (χ1) is 8.74. The second-order valence-electron chi connectivity index (χ2n) is 4.78. The van der Waals surface area contributed by atoms with E-state index in [2.05, 4.69) is 0 Å². The molecule has 1 saturated carbocycles. The highest BCUT2D eigenvalue weighted by atomic mass is 16.5. The standard InChI is InChI=1S/C13H16N2O3/c14-10-3-4-12-11(5-10)15(13(16)7-18-12)8-17-6-9-1-2-9/h3-5,9H,1-2,6-8,14H2. The minimum Gasteiger partial charge on any atom is -0.482 e. The van der Waals surface area contributed by atoms with Gasteiger partial charge in [-0.05, 0) is 37.0 Å². The molecule has 1 aromatic rings. The van der Waals surface area contributed by atoms with Crippen LogP contribution in [0.4, 0.5) is 11.4 Å².